The molecule has 1 aliphatic carbocycles. The summed E-state index contributed by atoms with van der Waals surface area (Å²) in [4.78, 5) is 0. The molecule has 2 aliphatic rings. The second-order valence-electron chi connectivity index (χ2n) is 6.10. The fourth-order valence-electron chi connectivity index (χ4n) is 2.63. The zero-order valence-corrected chi connectivity index (χ0v) is 12.3. The van der Waals surface area contributed by atoms with Crippen LogP contribution in [-0.2, 0) is 9.16 Å². The maximum absolute atomic E-state index is 6.22. The van der Waals surface area contributed by atoms with Crippen molar-refractivity contribution in [1.29, 1.82) is 0 Å². The molecule has 0 N–H and O–H groups in total. The minimum atomic E-state index is -1.52. The molecular weight excluding hydrogens is 228 g/mol. The van der Waals surface area contributed by atoms with Crippen LogP contribution in [0.15, 0.2) is 24.5 Å². The smallest absolute Gasteiger partial charge is 0.241 e. The van der Waals surface area contributed by atoms with E-state index in [1.807, 2.05) is 6.08 Å². The van der Waals surface area contributed by atoms with Crippen LogP contribution in [0.2, 0.25) is 19.6 Å². The van der Waals surface area contributed by atoms with E-state index < -0.39 is 8.32 Å². The van der Waals surface area contributed by atoms with E-state index in [0.29, 0.717) is 5.92 Å². The normalized spacial score (nSPS) is 32.2. The van der Waals surface area contributed by atoms with Crippen molar-refractivity contribution >= 4 is 8.32 Å². The summed E-state index contributed by atoms with van der Waals surface area (Å²) in [6.07, 6.45) is 8.88. The van der Waals surface area contributed by atoms with Crippen molar-refractivity contribution < 1.29 is 9.16 Å². The molecule has 1 fully saturated rings. The Morgan fingerprint density at radius 1 is 1.59 bits per heavy atom. The molecule has 0 aromatic rings. The van der Waals surface area contributed by atoms with Gasteiger partial charge < -0.3 is 9.16 Å². The first-order valence-corrected chi connectivity index (χ1v) is 10.0. The summed E-state index contributed by atoms with van der Waals surface area (Å²) in [6, 6.07) is 0. The lowest BCUT2D eigenvalue weighted by atomic mass is 9.80. The Hall–Kier alpha value is -0.543. The largest absolute Gasteiger partial charge is 0.545 e. The van der Waals surface area contributed by atoms with Crippen LogP contribution < -0.4 is 0 Å². The average molecular weight is 252 g/mol. The van der Waals surface area contributed by atoms with Crippen molar-refractivity contribution in [1.82, 2.24) is 0 Å². The second-order valence-corrected chi connectivity index (χ2v) is 10.5. The highest BCUT2D eigenvalue weighted by Gasteiger charge is 2.56. The van der Waals surface area contributed by atoms with Crippen molar-refractivity contribution in [2.75, 3.05) is 6.61 Å². The van der Waals surface area contributed by atoms with Gasteiger partial charge in [0.15, 0.2) is 0 Å². The van der Waals surface area contributed by atoms with Crippen LogP contribution in [-0.4, -0.2) is 20.5 Å². The number of allylic oxidation sites excluding steroid dienone is 2. The van der Waals surface area contributed by atoms with Gasteiger partial charge in [0.25, 0.3) is 0 Å². The van der Waals surface area contributed by atoms with Crippen molar-refractivity contribution in [3.8, 4) is 0 Å². The van der Waals surface area contributed by atoms with Gasteiger partial charge in [0.2, 0.25) is 8.32 Å². The Balaban J connectivity index is 2.07. The van der Waals surface area contributed by atoms with Gasteiger partial charge in [-0.25, -0.2) is 0 Å². The number of rotatable bonds is 5. The number of epoxide rings is 1. The van der Waals surface area contributed by atoms with Crippen LogP contribution in [0.4, 0.5) is 0 Å². The molecule has 1 saturated heterocycles. The third-order valence-corrected chi connectivity index (χ3v) is 4.34. The Morgan fingerprint density at radius 2 is 2.29 bits per heavy atom. The van der Waals surface area contributed by atoms with E-state index in [4.69, 9.17) is 9.16 Å². The van der Waals surface area contributed by atoms with Gasteiger partial charge in [0, 0.05) is 0 Å². The Kier molecular flexibility index (Phi) is 3.50. The van der Waals surface area contributed by atoms with Gasteiger partial charge >= 0.3 is 0 Å². The predicted molar refractivity (Wildman–Crippen MR) is 73.4 cm³/mol. The Labute approximate surface area is 106 Å². The van der Waals surface area contributed by atoms with Crippen LogP contribution in [0.25, 0.3) is 0 Å². The van der Waals surface area contributed by atoms with Crippen molar-refractivity contribution in [3.05, 3.63) is 24.5 Å². The molecule has 2 atom stereocenters. The molecule has 0 bridgehead atoms. The van der Waals surface area contributed by atoms with Gasteiger partial charge in [0.05, 0.1) is 6.61 Å². The maximum Gasteiger partial charge on any atom is 0.241 e. The summed E-state index contributed by atoms with van der Waals surface area (Å²) in [5.74, 6) is 1.76. The Morgan fingerprint density at radius 3 is 2.82 bits per heavy atom. The fraction of sp³-hybridized carbons (Fsp3) is 0.714. The highest BCUT2D eigenvalue weighted by molar-refractivity contribution is 6.70. The fourth-order valence-corrected chi connectivity index (χ4v) is 3.55. The lowest BCUT2D eigenvalue weighted by Gasteiger charge is -2.33. The zero-order chi connectivity index (χ0) is 12.5. The van der Waals surface area contributed by atoms with E-state index in [0.717, 1.165) is 25.2 Å². The molecule has 2 nitrogen and oxygen atoms in total. The lowest BCUT2D eigenvalue weighted by Crippen LogP contribution is -2.36. The molecule has 2 rings (SSSR count). The van der Waals surface area contributed by atoms with E-state index in [9.17, 15) is 0 Å². The summed E-state index contributed by atoms with van der Waals surface area (Å²) in [5.41, 5.74) is -0.0540. The van der Waals surface area contributed by atoms with Gasteiger partial charge in [-0.2, -0.15) is 0 Å². The number of hydrogen-bond acceptors (Lipinski definition) is 2. The summed E-state index contributed by atoms with van der Waals surface area (Å²) < 4.78 is 12.0. The summed E-state index contributed by atoms with van der Waals surface area (Å²) in [5, 5.41) is 0. The van der Waals surface area contributed by atoms with Crippen molar-refractivity contribution in [2.24, 2.45) is 5.92 Å². The van der Waals surface area contributed by atoms with E-state index in [1.165, 1.54) is 12.8 Å². The van der Waals surface area contributed by atoms with E-state index in [1.54, 1.807) is 0 Å². The van der Waals surface area contributed by atoms with Crippen LogP contribution in [0, 0.1) is 5.92 Å². The van der Waals surface area contributed by atoms with Crippen LogP contribution in [0.5, 0.6) is 0 Å². The van der Waals surface area contributed by atoms with Gasteiger partial charge in [-0.15, -0.1) is 6.58 Å². The molecule has 0 amide bonds. The zero-order valence-electron chi connectivity index (χ0n) is 11.3. The van der Waals surface area contributed by atoms with Crippen LogP contribution in [0.1, 0.15) is 25.7 Å². The monoisotopic (exact) mass is 252 g/mol. The second kappa shape index (κ2) is 4.62. The molecule has 0 radical (unpaired) electrons. The third kappa shape index (κ3) is 2.83. The SMILES string of the molecule is C=CCCC1CCC=C(O[Si](C)(C)C)C12CO2. The first kappa shape index (κ1) is 12.9. The van der Waals surface area contributed by atoms with E-state index >= 15 is 0 Å². The topological polar surface area (TPSA) is 21.8 Å². The first-order valence-electron chi connectivity index (χ1n) is 6.62. The predicted octanol–water partition coefficient (Wildman–Crippen LogP) is 3.87. The van der Waals surface area contributed by atoms with Gasteiger partial charge in [0.1, 0.15) is 11.4 Å². The Bertz CT molecular complexity index is 324. The molecule has 0 saturated carbocycles. The van der Waals surface area contributed by atoms with E-state index in [2.05, 4.69) is 32.3 Å². The van der Waals surface area contributed by atoms with Crippen LogP contribution in [0.3, 0.4) is 0 Å². The first-order chi connectivity index (χ1) is 7.98. The summed E-state index contributed by atoms with van der Waals surface area (Å²) in [7, 11) is -1.52. The molecule has 2 unspecified atom stereocenters. The summed E-state index contributed by atoms with van der Waals surface area (Å²) >= 11 is 0. The average Bonchev–Trinajstić information content (AvgIpc) is 2.99. The molecule has 96 valence electrons. The standard InChI is InChI=1S/C14H24O2Si/c1-5-6-8-12-9-7-10-13(14(12)11-15-14)16-17(2,3)4/h5,10,12H,1,6-9,11H2,2-4H3. The van der Waals surface area contributed by atoms with Gasteiger partial charge in [-0.1, -0.05) is 6.08 Å². The molecular formula is C14H24O2Si. The molecule has 0 aromatic heterocycles. The molecule has 1 spiro atoms. The molecule has 0 aromatic carbocycles. The van der Waals surface area contributed by atoms with Crippen LogP contribution >= 0.6 is 0 Å². The highest BCUT2D eigenvalue weighted by atomic mass is 28.4. The van der Waals surface area contributed by atoms with Gasteiger partial charge in [-0.3, -0.25) is 0 Å². The molecule has 3 heteroatoms. The molecule has 17 heavy (non-hydrogen) atoms. The summed E-state index contributed by atoms with van der Waals surface area (Å²) in [6.45, 7) is 11.4. The molecule has 1 heterocycles. The lowest BCUT2D eigenvalue weighted by molar-refractivity contribution is 0.165. The minimum absolute atomic E-state index is 0.0540. The molecule has 1 aliphatic heterocycles. The van der Waals surface area contributed by atoms with Crippen molar-refractivity contribution in [2.45, 2.75) is 50.9 Å². The van der Waals surface area contributed by atoms with Gasteiger partial charge in [-0.05, 0) is 57.3 Å². The highest BCUT2D eigenvalue weighted by Crippen LogP contribution is 2.50. The minimum Gasteiger partial charge on any atom is -0.545 e. The maximum atomic E-state index is 6.22. The third-order valence-electron chi connectivity index (χ3n) is 3.51. The quantitative estimate of drug-likeness (QED) is 0.421. The van der Waals surface area contributed by atoms with Crippen molar-refractivity contribution in [3.63, 3.8) is 0 Å². The number of hydrogen-bond donors (Lipinski definition) is 0. The van der Waals surface area contributed by atoms with E-state index in [-0.39, 0.29) is 5.60 Å². The number of ether oxygens (including phenoxy) is 1.